The quantitative estimate of drug-likeness (QED) is 0.0663. The molecule has 0 bridgehead atoms. The number of benzene rings is 2. The Hall–Kier alpha value is -1.99. The van der Waals surface area contributed by atoms with E-state index in [1.165, 1.54) is 98.4 Å². The van der Waals surface area contributed by atoms with Gasteiger partial charge in [0.1, 0.15) is 0 Å². The van der Waals surface area contributed by atoms with Crippen molar-refractivity contribution in [3.63, 3.8) is 0 Å². The molecule has 1 aliphatic rings. The average Bonchev–Trinajstić information content (AvgIpc) is 3.27. The van der Waals surface area contributed by atoms with E-state index < -0.39 is 0 Å². The Morgan fingerprint density at radius 3 is 1.39 bits per heavy atom. The molecule has 230 valence electrons. The second-order valence-corrected chi connectivity index (χ2v) is 11.2. The molecule has 0 atom stereocenters. The fourth-order valence-corrected chi connectivity index (χ4v) is 5.51. The first-order valence-corrected chi connectivity index (χ1v) is 15.8. The van der Waals surface area contributed by atoms with Gasteiger partial charge in [-0.2, -0.15) is 0 Å². The van der Waals surface area contributed by atoms with Crippen LogP contribution in [0.25, 0.3) is 16.9 Å². The molecule has 0 N–H and O–H groups in total. The normalized spacial score (nSPS) is 12.5. The summed E-state index contributed by atoms with van der Waals surface area (Å²) in [5.41, 5.74) is 19.4. The van der Waals surface area contributed by atoms with Crippen LogP contribution in [-0.4, -0.2) is 4.70 Å². The second-order valence-electron chi connectivity index (χ2n) is 11.2. The zero-order chi connectivity index (χ0) is 27.0. The number of hydrogen-bond donors (Lipinski definition) is 0. The van der Waals surface area contributed by atoms with E-state index in [-0.39, 0.29) is 31.3 Å². The summed E-state index contributed by atoms with van der Waals surface area (Å²) in [5, 5.41) is 0. The summed E-state index contributed by atoms with van der Waals surface area (Å²) < 4.78 is 1.44. The van der Waals surface area contributed by atoms with Crippen LogP contribution in [-0.2, 0) is 29.3 Å². The van der Waals surface area contributed by atoms with Crippen molar-refractivity contribution in [3.8, 4) is 0 Å². The first kappa shape index (κ1) is 39.0. The van der Waals surface area contributed by atoms with Gasteiger partial charge in [0.15, 0.2) is 0 Å². The van der Waals surface area contributed by atoms with E-state index >= 15 is 0 Å². The second kappa shape index (κ2) is 22.6. The Labute approximate surface area is 264 Å². The Bertz CT molecular complexity index is 1030. The van der Waals surface area contributed by atoms with Crippen molar-refractivity contribution in [1.82, 2.24) is 0 Å². The van der Waals surface area contributed by atoms with Gasteiger partial charge >= 0.3 is 16.5 Å². The van der Waals surface area contributed by atoms with Crippen LogP contribution in [0.15, 0.2) is 60.2 Å². The molecule has 2 nitrogen and oxygen atoms in total. The number of nitrogens with zero attached hydrogens (tertiary/aromatic N) is 2. The van der Waals surface area contributed by atoms with Crippen molar-refractivity contribution >= 4 is 11.4 Å². The maximum Gasteiger partial charge on any atom is 2.00 e. The van der Waals surface area contributed by atoms with Crippen molar-refractivity contribution in [2.75, 3.05) is 0 Å². The van der Waals surface area contributed by atoms with Crippen molar-refractivity contribution in [3.05, 3.63) is 103 Å². The molecule has 0 aliphatic carbocycles. The molecule has 0 aromatic heterocycles. The molecule has 1 heterocycles. The van der Waals surface area contributed by atoms with Crippen LogP contribution in [0, 0.1) is 14.9 Å². The number of aryl methyl sites for hydroxylation is 2. The third kappa shape index (κ3) is 12.8. The van der Waals surface area contributed by atoms with E-state index in [4.69, 9.17) is 0 Å². The molecule has 2 aromatic carbocycles. The van der Waals surface area contributed by atoms with E-state index in [9.17, 15) is 5.53 Å². The minimum Gasteiger partial charge on any atom is -0.493 e. The van der Waals surface area contributed by atoms with Crippen molar-refractivity contribution in [1.29, 1.82) is 0 Å². The molecular formula is C38H58N2Ni. The summed E-state index contributed by atoms with van der Waals surface area (Å²) in [7, 11) is 0. The van der Waals surface area contributed by atoms with Crippen molar-refractivity contribution < 1.29 is 21.2 Å². The van der Waals surface area contributed by atoms with Crippen LogP contribution in [0.5, 0.6) is 0 Å². The minimum atomic E-state index is 0. The smallest absolute Gasteiger partial charge is 0.493 e. The maximum absolute atomic E-state index is 11.4. The monoisotopic (exact) mass is 600 g/mol. The molecule has 41 heavy (non-hydrogen) atoms. The molecular weight excluding hydrogens is 543 g/mol. The predicted molar refractivity (Wildman–Crippen MR) is 178 cm³/mol. The van der Waals surface area contributed by atoms with Crippen LogP contribution in [0.3, 0.4) is 0 Å². The van der Waals surface area contributed by atoms with Crippen LogP contribution >= 0.6 is 0 Å². The van der Waals surface area contributed by atoms with E-state index in [2.05, 4.69) is 75.4 Å². The number of unbranched alkanes of at least 4 members (excludes halogenated alkanes) is 11. The molecule has 0 amide bonds. The van der Waals surface area contributed by atoms with Gasteiger partial charge in [-0.25, -0.2) is 4.70 Å². The van der Waals surface area contributed by atoms with E-state index in [0.29, 0.717) is 0 Å². The summed E-state index contributed by atoms with van der Waals surface area (Å²) in [6.45, 7) is 6.78. The largest absolute Gasteiger partial charge is 2.00 e. The fourth-order valence-electron chi connectivity index (χ4n) is 5.51. The van der Waals surface area contributed by atoms with Gasteiger partial charge in [-0.05, 0) is 73.9 Å². The topological polar surface area (TPSA) is 25.3 Å². The van der Waals surface area contributed by atoms with Gasteiger partial charge in [0.2, 0.25) is 11.4 Å². The summed E-state index contributed by atoms with van der Waals surface area (Å²) in [6, 6.07) is 17.8. The minimum absolute atomic E-state index is 0. The van der Waals surface area contributed by atoms with Gasteiger partial charge in [-0.15, -0.1) is 0 Å². The SMILES string of the molecule is CCCCCCCCc1ccc(C2=CC(CCCC)=C(c3ccc(CCCCCCCC)cc3)[N+]2=[N-])cc1.[CH3-].[CH3-].[Ni+2]. The zero-order valence-electron chi connectivity index (χ0n) is 26.9. The average molecular weight is 602 g/mol. The van der Waals surface area contributed by atoms with Crippen molar-refractivity contribution in [2.45, 2.75) is 130 Å². The van der Waals surface area contributed by atoms with Gasteiger partial charge in [-0.3, -0.25) is 0 Å². The number of rotatable bonds is 19. The molecule has 0 saturated heterocycles. The Morgan fingerprint density at radius 2 is 0.927 bits per heavy atom. The first-order chi connectivity index (χ1) is 18.7. The summed E-state index contributed by atoms with van der Waals surface area (Å²) >= 11 is 0. The van der Waals surface area contributed by atoms with Crippen LogP contribution < -0.4 is 0 Å². The van der Waals surface area contributed by atoms with E-state index in [1.807, 2.05) is 0 Å². The molecule has 0 saturated carbocycles. The predicted octanol–water partition coefficient (Wildman–Crippen LogP) is 12.4. The Kier molecular flexibility index (Phi) is 21.5. The van der Waals surface area contributed by atoms with E-state index in [1.54, 1.807) is 0 Å². The maximum atomic E-state index is 11.4. The standard InChI is InChI=1S/C36H52N2.2CH3.Ni/c1-4-7-10-12-14-16-18-30-21-25-32(26-22-30)35-29-34(20-9-6-3)36(38(35)37)33-27-23-31(24-28-33)19-17-15-13-11-8-5-2;;;/h21-29H,4-20H2,1-3H3;2*1H3;/q;2*-1;+2. The Morgan fingerprint density at radius 1 is 0.512 bits per heavy atom. The summed E-state index contributed by atoms with van der Waals surface area (Å²) in [5.74, 6) is 0. The van der Waals surface area contributed by atoms with Gasteiger partial charge in [-0.1, -0.05) is 116 Å². The van der Waals surface area contributed by atoms with Gasteiger partial charge < -0.3 is 20.4 Å². The number of allylic oxidation sites excluding steroid dienone is 2. The van der Waals surface area contributed by atoms with Crippen LogP contribution in [0.2, 0.25) is 0 Å². The van der Waals surface area contributed by atoms with Crippen LogP contribution in [0.1, 0.15) is 139 Å². The Balaban J connectivity index is 0.00000533. The fraction of sp³-hybridized carbons (Fsp3) is 0.526. The van der Waals surface area contributed by atoms with Gasteiger partial charge in [0, 0.05) is 22.8 Å². The molecule has 3 rings (SSSR count). The third-order valence-corrected chi connectivity index (χ3v) is 7.97. The molecule has 1 aliphatic heterocycles. The molecule has 0 unspecified atom stereocenters. The first-order valence-electron chi connectivity index (χ1n) is 15.8. The molecule has 0 spiro atoms. The molecule has 3 heteroatoms. The summed E-state index contributed by atoms with van der Waals surface area (Å²) in [4.78, 5) is 0. The molecule has 0 radical (unpaired) electrons. The van der Waals surface area contributed by atoms with Gasteiger partial charge in [0.25, 0.3) is 0 Å². The molecule has 2 aromatic rings. The van der Waals surface area contributed by atoms with Gasteiger partial charge in [0.05, 0.1) is 0 Å². The van der Waals surface area contributed by atoms with Crippen molar-refractivity contribution in [2.24, 2.45) is 0 Å². The van der Waals surface area contributed by atoms with E-state index in [0.717, 1.165) is 54.6 Å². The number of hydrogen-bond acceptors (Lipinski definition) is 0. The summed E-state index contributed by atoms with van der Waals surface area (Å²) in [6.07, 6.45) is 23.7. The zero-order valence-corrected chi connectivity index (χ0v) is 27.9. The molecule has 0 fully saturated rings. The third-order valence-electron chi connectivity index (χ3n) is 7.97. The van der Waals surface area contributed by atoms with Crippen LogP contribution in [0.4, 0.5) is 0 Å².